The monoisotopic (exact) mass is 412 g/mol. The molecule has 1 heterocycles. The molecule has 5 heteroatoms. The van der Waals surface area contributed by atoms with Crippen LogP contribution in [0.15, 0.2) is 48.5 Å². The molecule has 0 spiro atoms. The fraction of sp³-hybridized carbons (Fsp3) is 0.292. The fourth-order valence-electron chi connectivity index (χ4n) is 3.89. The number of hydrogen-bond acceptors (Lipinski definition) is 1. The third kappa shape index (κ3) is 4.70. The van der Waals surface area contributed by atoms with Gasteiger partial charge in [0, 0.05) is 28.5 Å². The minimum absolute atomic E-state index is 0.335. The molecule has 1 aromatic heterocycles. The van der Waals surface area contributed by atoms with E-state index in [1.807, 2.05) is 37.3 Å². The van der Waals surface area contributed by atoms with Crippen molar-refractivity contribution in [1.29, 1.82) is 0 Å². The Bertz CT molecular complexity index is 1030. The molecule has 3 nitrogen and oxygen atoms in total. The zero-order valence-electron chi connectivity index (χ0n) is 16.8. The Morgan fingerprint density at radius 2 is 1.90 bits per heavy atom. The minimum atomic E-state index is -0.497. The second kappa shape index (κ2) is 9.27. The smallest absolute Gasteiger partial charge is 0.251 e. The van der Waals surface area contributed by atoms with Crippen molar-refractivity contribution >= 4 is 17.5 Å². The molecule has 0 aliphatic carbocycles. The van der Waals surface area contributed by atoms with E-state index >= 15 is 0 Å². The molecule has 0 fully saturated rings. The highest BCUT2D eigenvalue weighted by Gasteiger charge is 2.25. The van der Waals surface area contributed by atoms with Crippen LogP contribution in [0, 0.1) is 12.7 Å². The Morgan fingerprint density at radius 1 is 1.14 bits per heavy atom. The molecule has 0 unspecified atom stereocenters. The molecule has 0 aliphatic heterocycles. The molecule has 2 aromatic carbocycles. The highest BCUT2D eigenvalue weighted by atomic mass is 35.5. The summed E-state index contributed by atoms with van der Waals surface area (Å²) in [5, 5.41) is 0.667. The van der Waals surface area contributed by atoms with Crippen LogP contribution in [-0.2, 0) is 13.0 Å². The van der Waals surface area contributed by atoms with Crippen LogP contribution < -0.4 is 5.73 Å². The maximum atomic E-state index is 14.0. The molecule has 0 radical (unpaired) electrons. The summed E-state index contributed by atoms with van der Waals surface area (Å²) in [6.07, 6.45) is 3.94. The zero-order valence-corrected chi connectivity index (χ0v) is 17.6. The van der Waals surface area contributed by atoms with Crippen LogP contribution in [0.1, 0.15) is 53.5 Å². The summed E-state index contributed by atoms with van der Waals surface area (Å²) < 4.78 is 16.1. The fourth-order valence-corrected chi connectivity index (χ4v) is 4.10. The number of nitrogens with two attached hydrogens (primary N) is 1. The van der Waals surface area contributed by atoms with Gasteiger partial charge in [0.2, 0.25) is 0 Å². The van der Waals surface area contributed by atoms with Crippen LogP contribution in [-0.4, -0.2) is 10.5 Å². The molecule has 152 valence electrons. The lowest BCUT2D eigenvalue weighted by molar-refractivity contribution is 0.1000. The largest absolute Gasteiger partial charge is 0.366 e. The van der Waals surface area contributed by atoms with E-state index in [0.29, 0.717) is 22.7 Å². The first-order valence-corrected chi connectivity index (χ1v) is 10.3. The van der Waals surface area contributed by atoms with Gasteiger partial charge in [0.15, 0.2) is 0 Å². The molecule has 0 atom stereocenters. The van der Waals surface area contributed by atoms with Crippen LogP contribution in [0.3, 0.4) is 0 Å². The summed E-state index contributed by atoms with van der Waals surface area (Å²) in [5.41, 5.74) is 10.5. The van der Waals surface area contributed by atoms with Crippen molar-refractivity contribution in [3.05, 3.63) is 81.9 Å². The molecule has 0 aliphatic rings. The SMILES string of the molecule is CCCCCc1c(-c2cccc(F)c2)c(C(N)=O)c(C)n1Cc1cccc(Cl)c1. The van der Waals surface area contributed by atoms with Gasteiger partial charge < -0.3 is 10.3 Å². The van der Waals surface area contributed by atoms with E-state index in [1.165, 1.54) is 12.1 Å². The van der Waals surface area contributed by atoms with E-state index in [9.17, 15) is 9.18 Å². The number of unbranched alkanes of at least 4 members (excludes halogenated alkanes) is 2. The van der Waals surface area contributed by atoms with Crippen LogP contribution in [0.25, 0.3) is 11.1 Å². The van der Waals surface area contributed by atoms with E-state index in [0.717, 1.165) is 48.2 Å². The number of hydrogen-bond donors (Lipinski definition) is 1. The zero-order chi connectivity index (χ0) is 21.0. The molecule has 1 amide bonds. The van der Waals surface area contributed by atoms with E-state index in [-0.39, 0.29) is 5.82 Å². The van der Waals surface area contributed by atoms with Gasteiger partial charge in [-0.15, -0.1) is 0 Å². The number of amides is 1. The van der Waals surface area contributed by atoms with Gasteiger partial charge in [-0.2, -0.15) is 0 Å². The molecule has 3 rings (SSSR count). The number of primary amides is 1. The summed E-state index contributed by atoms with van der Waals surface area (Å²) in [4.78, 5) is 12.4. The second-order valence-corrected chi connectivity index (χ2v) is 7.77. The molecule has 0 saturated heterocycles. The highest BCUT2D eigenvalue weighted by Crippen LogP contribution is 2.35. The number of carbonyl (C=O) groups excluding carboxylic acids is 1. The molecule has 3 aromatic rings. The number of benzene rings is 2. The van der Waals surface area contributed by atoms with E-state index in [2.05, 4.69) is 11.5 Å². The lowest BCUT2D eigenvalue weighted by Crippen LogP contribution is -2.13. The number of aromatic nitrogens is 1. The number of halogens is 2. The van der Waals surface area contributed by atoms with Gasteiger partial charge in [0.25, 0.3) is 5.91 Å². The highest BCUT2D eigenvalue weighted by molar-refractivity contribution is 6.30. The Hall–Kier alpha value is -2.59. The molecular formula is C24H26ClFN2O. The quantitative estimate of drug-likeness (QED) is 0.444. The Morgan fingerprint density at radius 3 is 2.55 bits per heavy atom. The molecule has 29 heavy (non-hydrogen) atoms. The summed E-state index contributed by atoms with van der Waals surface area (Å²) in [7, 11) is 0. The van der Waals surface area contributed by atoms with Crippen LogP contribution in [0.2, 0.25) is 5.02 Å². The third-order valence-corrected chi connectivity index (χ3v) is 5.47. The van der Waals surface area contributed by atoms with E-state index < -0.39 is 5.91 Å². The summed E-state index contributed by atoms with van der Waals surface area (Å²) >= 11 is 6.17. The van der Waals surface area contributed by atoms with Crippen molar-refractivity contribution in [3.63, 3.8) is 0 Å². The van der Waals surface area contributed by atoms with Crippen molar-refractivity contribution < 1.29 is 9.18 Å². The Kier molecular flexibility index (Phi) is 6.75. The third-order valence-electron chi connectivity index (χ3n) is 5.24. The number of nitrogens with zero attached hydrogens (tertiary/aromatic N) is 1. The van der Waals surface area contributed by atoms with E-state index in [1.54, 1.807) is 6.07 Å². The number of carbonyl (C=O) groups is 1. The molecule has 0 bridgehead atoms. The maximum absolute atomic E-state index is 14.0. The minimum Gasteiger partial charge on any atom is -0.366 e. The van der Waals surface area contributed by atoms with Gasteiger partial charge in [0.1, 0.15) is 5.82 Å². The van der Waals surface area contributed by atoms with Crippen LogP contribution in [0.4, 0.5) is 4.39 Å². The second-order valence-electron chi connectivity index (χ2n) is 7.33. The lowest BCUT2D eigenvalue weighted by Gasteiger charge is -2.14. The average Bonchev–Trinajstić information content (AvgIpc) is 2.94. The average molecular weight is 413 g/mol. The normalized spacial score (nSPS) is 11.0. The van der Waals surface area contributed by atoms with Gasteiger partial charge in [0.05, 0.1) is 5.56 Å². The van der Waals surface area contributed by atoms with Gasteiger partial charge in [-0.25, -0.2) is 4.39 Å². The predicted molar refractivity (Wildman–Crippen MR) is 117 cm³/mol. The summed E-state index contributed by atoms with van der Waals surface area (Å²) in [6.45, 7) is 4.62. The van der Waals surface area contributed by atoms with E-state index in [4.69, 9.17) is 17.3 Å². The first-order valence-electron chi connectivity index (χ1n) is 9.94. The van der Waals surface area contributed by atoms with Crippen molar-refractivity contribution in [2.24, 2.45) is 5.73 Å². The Labute approximate surface area is 176 Å². The van der Waals surface area contributed by atoms with Gasteiger partial charge in [-0.3, -0.25) is 4.79 Å². The maximum Gasteiger partial charge on any atom is 0.251 e. The van der Waals surface area contributed by atoms with Crippen molar-refractivity contribution in [2.45, 2.75) is 46.1 Å². The van der Waals surface area contributed by atoms with Gasteiger partial charge >= 0.3 is 0 Å². The Balaban J connectivity index is 2.20. The standard InChI is InChI=1S/C24H26ClFN2O/c1-3-4-5-12-21-23(18-9-7-11-20(26)14-18)22(24(27)29)16(2)28(21)15-17-8-6-10-19(25)13-17/h6-11,13-14H,3-5,12,15H2,1-2H3,(H2,27,29). The van der Waals surface area contributed by atoms with Crippen LogP contribution in [0.5, 0.6) is 0 Å². The van der Waals surface area contributed by atoms with Gasteiger partial charge in [-0.05, 0) is 55.2 Å². The van der Waals surface area contributed by atoms with Gasteiger partial charge in [-0.1, -0.05) is 55.6 Å². The lowest BCUT2D eigenvalue weighted by atomic mass is 9.97. The summed E-state index contributed by atoms with van der Waals surface area (Å²) in [6, 6.07) is 14.0. The van der Waals surface area contributed by atoms with Crippen molar-refractivity contribution in [2.75, 3.05) is 0 Å². The molecular weight excluding hydrogens is 387 g/mol. The van der Waals surface area contributed by atoms with Crippen LogP contribution >= 0.6 is 11.6 Å². The summed E-state index contributed by atoms with van der Waals surface area (Å²) in [5.74, 6) is -0.832. The predicted octanol–water partition coefficient (Wildman–Crippen LogP) is 6.14. The topological polar surface area (TPSA) is 48.0 Å². The van der Waals surface area contributed by atoms with Crippen molar-refractivity contribution in [3.8, 4) is 11.1 Å². The molecule has 0 saturated carbocycles. The van der Waals surface area contributed by atoms with Crippen molar-refractivity contribution in [1.82, 2.24) is 4.57 Å². The molecule has 2 N–H and O–H groups in total. The first-order chi connectivity index (χ1) is 13.9. The first kappa shape index (κ1) is 21.1. The number of rotatable bonds is 8.